The maximum absolute atomic E-state index is 13.5. The van der Waals surface area contributed by atoms with Crippen molar-refractivity contribution in [1.82, 2.24) is 4.90 Å². The quantitative estimate of drug-likeness (QED) is 0.302. The average molecular weight is 518 g/mol. The molecule has 5 nitrogen and oxygen atoms in total. The largest absolute Gasteiger partial charge is 1.00 e. The van der Waals surface area contributed by atoms with E-state index in [9.17, 15) is 14.7 Å². The summed E-state index contributed by atoms with van der Waals surface area (Å²) in [5.74, 6) is -0.0464. The van der Waals surface area contributed by atoms with Gasteiger partial charge in [0, 0.05) is 19.2 Å². The standard InChI is InChI=1S/C30H41NO4S.Li/c1-22-10-7-8-14-25(22)27-20-24(21-35-18-9-13-23-11-5-4-6-12-23)15-16-26(27)29(32)31(2)28(30(33)34)17-19-36-3;/h7-8,10,14-16,20,23,28H,4-6,9,11-13,17-19,21H2,1-3H3,(H,33,34);/q;+1/p-1/t28-;/m0./s1. The van der Waals surface area contributed by atoms with Crippen molar-refractivity contribution in [2.45, 2.75) is 70.9 Å². The summed E-state index contributed by atoms with van der Waals surface area (Å²) >= 11 is 1.55. The summed E-state index contributed by atoms with van der Waals surface area (Å²) in [6.45, 7) is 3.25. The third-order valence-electron chi connectivity index (χ3n) is 7.30. The second-order valence-corrected chi connectivity index (χ2v) is 10.9. The topological polar surface area (TPSA) is 69.7 Å². The van der Waals surface area contributed by atoms with Crippen molar-refractivity contribution >= 4 is 23.6 Å². The van der Waals surface area contributed by atoms with Crippen LogP contribution in [0.1, 0.15) is 72.9 Å². The Hall–Kier alpha value is -1.71. The van der Waals surface area contributed by atoms with Gasteiger partial charge < -0.3 is 19.5 Å². The number of amides is 1. The SMILES string of the molecule is CSCC[C@@H](C(=O)[O-])N(C)C(=O)c1ccc(COCCCC2CCCCC2)cc1-c1ccccc1C.[Li+]. The Labute approximate surface area is 238 Å². The first-order valence-electron chi connectivity index (χ1n) is 13.2. The molecule has 0 unspecified atom stereocenters. The van der Waals surface area contributed by atoms with Gasteiger partial charge >= 0.3 is 18.9 Å². The van der Waals surface area contributed by atoms with Crippen LogP contribution in [0, 0.1) is 12.8 Å². The predicted molar refractivity (Wildman–Crippen MR) is 146 cm³/mol. The normalized spacial score (nSPS) is 14.6. The Balaban J connectivity index is 0.00000481. The van der Waals surface area contributed by atoms with E-state index in [0.717, 1.165) is 41.2 Å². The number of carboxylic acid groups (broad SMARTS) is 1. The van der Waals surface area contributed by atoms with Gasteiger partial charge in [0.25, 0.3) is 5.91 Å². The minimum Gasteiger partial charge on any atom is -0.548 e. The van der Waals surface area contributed by atoms with Crippen molar-refractivity contribution in [3.8, 4) is 11.1 Å². The van der Waals surface area contributed by atoms with Crippen LogP contribution in [-0.2, 0) is 16.1 Å². The number of nitrogens with zero attached hydrogens (tertiary/aromatic N) is 1. The monoisotopic (exact) mass is 517 g/mol. The van der Waals surface area contributed by atoms with Gasteiger partial charge in [0.2, 0.25) is 0 Å². The van der Waals surface area contributed by atoms with E-state index in [1.165, 1.54) is 43.4 Å². The van der Waals surface area contributed by atoms with Gasteiger partial charge in [-0.2, -0.15) is 11.8 Å². The summed E-state index contributed by atoms with van der Waals surface area (Å²) in [6, 6.07) is 12.7. The zero-order chi connectivity index (χ0) is 25.9. The van der Waals surface area contributed by atoms with Crippen molar-refractivity contribution in [3.63, 3.8) is 0 Å². The number of carbonyl (C=O) groups excluding carboxylic acids is 2. The van der Waals surface area contributed by atoms with E-state index in [2.05, 4.69) is 0 Å². The molecule has 2 aromatic carbocycles. The zero-order valence-electron chi connectivity index (χ0n) is 23.0. The van der Waals surface area contributed by atoms with Gasteiger partial charge in [-0.1, -0.05) is 62.4 Å². The van der Waals surface area contributed by atoms with Crippen LogP contribution >= 0.6 is 11.8 Å². The number of ether oxygens (including phenoxy) is 1. The van der Waals surface area contributed by atoms with Crippen LogP contribution in [-0.4, -0.2) is 48.5 Å². The molecule has 1 fully saturated rings. The number of aliphatic carboxylic acids is 1. The summed E-state index contributed by atoms with van der Waals surface area (Å²) < 4.78 is 6.01. The fourth-order valence-electron chi connectivity index (χ4n) is 5.14. The number of rotatable bonds is 13. The van der Waals surface area contributed by atoms with Crippen molar-refractivity contribution in [2.75, 3.05) is 25.7 Å². The molecule has 1 amide bonds. The minimum absolute atomic E-state index is 0. The molecule has 0 heterocycles. The van der Waals surface area contributed by atoms with E-state index in [4.69, 9.17) is 4.74 Å². The van der Waals surface area contributed by atoms with E-state index in [0.29, 0.717) is 24.3 Å². The van der Waals surface area contributed by atoms with Crippen molar-refractivity contribution in [1.29, 1.82) is 0 Å². The first-order chi connectivity index (χ1) is 17.4. The first kappa shape index (κ1) is 31.5. The number of hydrogen-bond acceptors (Lipinski definition) is 5. The van der Waals surface area contributed by atoms with Crippen molar-refractivity contribution in [3.05, 3.63) is 59.2 Å². The molecule has 0 aliphatic heterocycles. The molecule has 37 heavy (non-hydrogen) atoms. The molecule has 196 valence electrons. The van der Waals surface area contributed by atoms with Gasteiger partial charge in [-0.3, -0.25) is 4.79 Å². The van der Waals surface area contributed by atoms with E-state index >= 15 is 0 Å². The first-order valence-corrected chi connectivity index (χ1v) is 14.6. The molecule has 0 spiro atoms. The maximum atomic E-state index is 13.5. The van der Waals surface area contributed by atoms with Gasteiger partial charge in [-0.25, -0.2) is 0 Å². The summed E-state index contributed by atoms with van der Waals surface area (Å²) in [6.07, 6.45) is 11.4. The maximum Gasteiger partial charge on any atom is 1.00 e. The fraction of sp³-hybridized carbons (Fsp3) is 0.533. The van der Waals surface area contributed by atoms with Gasteiger partial charge in [0.1, 0.15) is 0 Å². The number of carbonyl (C=O) groups is 2. The molecular formula is C30H40LiNO4S. The van der Waals surface area contributed by atoms with Crippen molar-refractivity contribution < 1.29 is 38.3 Å². The number of likely N-dealkylation sites (N-methyl/N-ethyl adjacent to an activating group) is 1. The Kier molecular flexibility index (Phi) is 13.9. The number of carboxylic acids is 1. The molecule has 3 rings (SSSR count). The molecule has 1 atom stereocenters. The molecular weight excluding hydrogens is 477 g/mol. The van der Waals surface area contributed by atoms with Crippen LogP contribution in [0.25, 0.3) is 11.1 Å². The molecule has 0 radical (unpaired) electrons. The van der Waals surface area contributed by atoms with Gasteiger partial charge in [0.05, 0.1) is 18.6 Å². The Bertz CT molecular complexity index is 1010. The molecule has 0 N–H and O–H groups in total. The second-order valence-electron chi connectivity index (χ2n) is 9.93. The van der Waals surface area contributed by atoms with E-state index in [1.54, 1.807) is 18.8 Å². The van der Waals surface area contributed by atoms with Crippen LogP contribution < -0.4 is 24.0 Å². The number of benzene rings is 2. The van der Waals surface area contributed by atoms with E-state index < -0.39 is 12.0 Å². The molecule has 7 heteroatoms. The summed E-state index contributed by atoms with van der Waals surface area (Å²) in [7, 11) is 1.55. The minimum atomic E-state index is -1.23. The van der Waals surface area contributed by atoms with Crippen LogP contribution in [0.3, 0.4) is 0 Å². The molecule has 0 saturated heterocycles. The molecule has 1 saturated carbocycles. The van der Waals surface area contributed by atoms with Crippen molar-refractivity contribution in [2.24, 2.45) is 5.92 Å². The fourth-order valence-corrected chi connectivity index (χ4v) is 5.60. The average Bonchev–Trinajstić information content (AvgIpc) is 2.89. The number of thioether (sulfide) groups is 1. The molecule has 1 aliphatic rings. The zero-order valence-corrected chi connectivity index (χ0v) is 23.8. The summed E-state index contributed by atoms with van der Waals surface area (Å²) in [5.41, 5.74) is 4.31. The predicted octanol–water partition coefficient (Wildman–Crippen LogP) is 2.49. The second kappa shape index (κ2) is 16.3. The van der Waals surface area contributed by atoms with Crippen LogP contribution in [0.2, 0.25) is 0 Å². The van der Waals surface area contributed by atoms with Gasteiger partial charge in [-0.15, -0.1) is 0 Å². The molecule has 2 aromatic rings. The Morgan fingerprint density at radius 1 is 1.11 bits per heavy atom. The van der Waals surface area contributed by atoms with Crippen LogP contribution in [0.4, 0.5) is 0 Å². The van der Waals surface area contributed by atoms with Crippen LogP contribution in [0.5, 0.6) is 0 Å². The van der Waals surface area contributed by atoms with Crippen LogP contribution in [0.15, 0.2) is 42.5 Å². The van der Waals surface area contributed by atoms with Gasteiger partial charge in [-0.05, 0) is 78.5 Å². The van der Waals surface area contributed by atoms with E-state index in [1.807, 2.05) is 55.6 Å². The number of hydrogen-bond donors (Lipinski definition) is 0. The number of aryl methyl sites for hydroxylation is 1. The molecule has 0 bridgehead atoms. The Morgan fingerprint density at radius 3 is 2.51 bits per heavy atom. The summed E-state index contributed by atoms with van der Waals surface area (Å²) in [5, 5.41) is 11.8. The third-order valence-corrected chi connectivity index (χ3v) is 7.94. The Morgan fingerprint density at radius 2 is 1.84 bits per heavy atom. The van der Waals surface area contributed by atoms with Gasteiger partial charge in [0.15, 0.2) is 0 Å². The third kappa shape index (κ3) is 9.21. The summed E-state index contributed by atoms with van der Waals surface area (Å²) in [4.78, 5) is 26.6. The van der Waals surface area contributed by atoms with E-state index in [-0.39, 0.29) is 24.8 Å². The molecule has 1 aliphatic carbocycles. The smallest absolute Gasteiger partial charge is 0.548 e. The molecule has 0 aromatic heterocycles.